The highest BCUT2D eigenvalue weighted by molar-refractivity contribution is 8.18. The van der Waals surface area contributed by atoms with Gasteiger partial charge in [-0.05, 0) is 71.4 Å². The lowest BCUT2D eigenvalue weighted by Gasteiger charge is -2.13. The molecule has 0 radical (unpaired) electrons. The average molecular weight is 557 g/mol. The van der Waals surface area contributed by atoms with Gasteiger partial charge in [-0.15, -0.1) is 0 Å². The third-order valence-electron chi connectivity index (χ3n) is 5.40. The third kappa shape index (κ3) is 6.45. The Balaban J connectivity index is 1.41. The van der Waals surface area contributed by atoms with Gasteiger partial charge in [0.2, 0.25) is 5.91 Å². The number of benzene rings is 3. The van der Waals surface area contributed by atoms with Gasteiger partial charge in [0.1, 0.15) is 24.7 Å². The number of imide groups is 1. The maximum atomic E-state index is 13.1. The molecule has 0 bridgehead atoms. The van der Waals surface area contributed by atoms with Crippen molar-refractivity contribution in [1.29, 1.82) is 0 Å². The summed E-state index contributed by atoms with van der Waals surface area (Å²) in [6.07, 6.45) is 1.54. The Kier molecular flexibility index (Phi) is 8.55. The van der Waals surface area contributed by atoms with Crippen LogP contribution in [0.2, 0.25) is 5.02 Å². The first-order chi connectivity index (χ1) is 18.3. The molecule has 4 rings (SSSR count). The number of amides is 3. The van der Waals surface area contributed by atoms with Crippen LogP contribution in [0, 0.1) is 5.82 Å². The van der Waals surface area contributed by atoms with Crippen LogP contribution in [-0.4, -0.2) is 42.7 Å². The molecule has 1 saturated heterocycles. The van der Waals surface area contributed by atoms with Crippen molar-refractivity contribution in [2.75, 3.05) is 26.1 Å². The molecule has 1 N–H and O–H groups in total. The maximum Gasteiger partial charge on any atom is 0.294 e. The molecule has 3 amide bonds. The number of nitrogens with zero attached hydrogens (tertiary/aromatic N) is 1. The molecule has 0 saturated carbocycles. The minimum atomic E-state index is -0.585. The molecule has 0 aromatic heterocycles. The van der Waals surface area contributed by atoms with Crippen LogP contribution in [0.4, 0.5) is 14.9 Å². The molecule has 1 aliphatic rings. The van der Waals surface area contributed by atoms with Gasteiger partial charge in [0.15, 0.2) is 11.5 Å². The second-order valence-corrected chi connectivity index (χ2v) is 9.39. The Morgan fingerprint density at radius 1 is 1.00 bits per heavy atom. The molecule has 196 valence electrons. The number of hydrogen-bond donors (Lipinski definition) is 1. The molecule has 8 nitrogen and oxygen atoms in total. The van der Waals surface area contributed by atoms with E-state index in [4.69, 9.17) is 25.8 Å². The van der Waals surface area contributed by atoms with E-state index in [-0.39, 0.29) is 17.3 Å². The fraction of sp³-hybridized carbons (Fsp3) is 0.148. The molecule has 0 spiro atoms. The molecule has 1 heterocycles. The van der Waals surface area contributed by atoms with Crippen molar-refractivity contribution in [3.63, 3.8) is 0 Å². The monoisotopic (exact) mass is 556 g/mol. The van der Waals surface area contributed by atoms with E-state index < -0.39 is 23.6 Å². The van der Waals surface area contributed by atoms with Gasteiger partial charge in [0.05, 0.1) is 24.1 Å². The number of ether oxygens (including phenoxy) is 3. The van der Waals surface area contributed by atoms with E-state index in [1.807, 2.05) is 0 Å². The van der Waals surface area contributed by atoms with Crippen molar-refractivity contribution < 1.29 is 33.0 Å². The van der Waals surface area contributed by atoms with Crippen LogP contribution in [0.25, 0.3) is 6.08 Å². The number of methoxy groups -OCH3 is 2. The number of carbonyl (C=O) groups is 3. The first-order valence-corrected chi connectivity index (χ1v) is 12.4. The van der Waals surface area contributed by atoms with Crippen LogP contribution >= 0.6 is 23.4 Å². The predicted molar refractivity (Wildman–Crippen MR) is 143 cm³/mol. The van der Waals surface area contributed by atoms with Gasteiger partial charge in [-0.2, -0.15) is 0 Å². The largest absolute Gasteiger partial charge is 0.495 e. The van der Waals surface area contributed by atoms with Gasteiger partial charge >= 0.3 is 0 Å². The zero-order valence-corrected chi connectivity index (χ0v) is 21.9. The molecule has 0 atom stereocenters. The summed E-state index contributed by atoms with van der Waals surface area (Å²) in [5.74, 6) is -0.152. The molecule has 3 aromatic rings. The summed E-state index contributed by atoms with van der Waals surface area (Å²) in [4.78, 5) is 38.9. The number of rotatable bonds is 9. The fourth-order valence-electron chi connectivity index (χ4n) is 3.51. The van der Waals surface area contributed by atoms with Gasteiger partial charge in [-0.25, -0.2) is 4.39 Å². The molecule has 1 aliphatic heterocycles. The van der Waals surface area contributed by atoms with Gasteiger partial charge in [0.25, 0.3) is 11.1 Å². The summed E-state index contributed by atoms with van der Waals surface area (Å²) >= 11 is 6.81. The van der Waals surface area contributed by atoms with Gasteiger partial charge in [-0.1, -0.05) is 29.8 Å². The lowest BCUT2D eigenvalue weighted by atomic mass is 10.1. The van der Waals surface area contributed by atoms with Gasteiger partial charge < -0.3 is 19.5 Å². The number of anilines is 1. The summed E-state index contributed by atoms with van der Waals surface area (Å²) in [7, 11) is 2.95. The van der Waals surface area contributed by atoms with Crippen LogP contribution in [0.3, 0.4) is 0 Å². The van der Waals surface area contributed by atoms with Crippen LogP contribution in [0.15, 0.2) is 65.6 Å². The van der Waals surface area contributed by atoms with Crippen molar-refractivity contribution in [2.24, 2.45) is 0 Å². The van der Waals surface area contributed by atoms with Crippen LogP contribution in [0.1, 0.15) is 11.1 Å². The Morgan fingerprint density at radius 2 is 1.71 bits per heavy atom. The Bertz CT molecular complexity index is 1410. The smallest absolute Gasteiger partial charge is 0.294 e. The summed E-state index contributed by atoms with van der Waals surface area (Å²) in [6, 6.07) is 15.7. The minimum Gasteiger partial charge on any atom is -0.495 e. The van der Waals surface area contributed by atoms with E-state index in [9.17, 15) is 18.8 Å². The summed E-state index contributed by atoms with van der Waals surface area (Å²) in [6.45, 7) is -0.245. The lowest BCUT2D eigenvalue weighted by Crippen LogP contribution is -2.36. The molecular formula is C27H22ClFN2O6S. The number of thioether (sulfide) groups is 1. The maximum absolute atomic E-state index is 13.1. The Morgan fingerprint density at radius 3 is 2.39 bits per heavy atom. The summed E-state index contributed by atoms with van der Waals surface area (Å²) in [5.41, 5.74) is 1.78. The molecule has 0 aliphatic carbocycles. The molecule has 1 fully saturated rings. The van der Waals surface area contributed by atoms with Gasteiger partial charge in [0, 0.05) is 5.69 Å². The first kappa shape index (κ1) is 27.0. The van der Waals surface area contributed by atoms with E-state index in [1.54, 1.807) is 48.5 Å². The van der Waals surface area contributed by atoms with Crippen molar-refractivity contribution in [1.82, 2.24) is 4.90 Å². The second-order valence-electron chi connectivity index (χ2n) is 7.99. The molecule has 11 heteroatoms. The molecule has 38 heavy (non-hydrogen) atoms. The van der Waals surface area contributed by atoms with Crippen molar-refractivity contribution in [3.05, 3.63) is 87.5 Å². The standard InChI is InChI=1S/C27H22ClFN2O6S/c1-35-21-10-8-19(13-20(21)28)30-25(32)14-31-26(33)24(38-27(31)34)12-17-5-9-22(23(11-17)36-2)37-15-16-3-6-18(29)7-4-16/h3-13H,14-15H2,1-2H3,(H,30,32)/b24-12-. The van der Waals surface area contributed by atoms with Gasteiger partial charge in [-0.3, -0.25) is 19.3 Å². The average Bonchev–Trinajstić information content (AvgIpc) is 3.16. The summed E-state index contributed by atoms with van der Waals surface area (Å²) in [5, 5.41) is 2.36. The normalized spacial score (nSPS) is 14.1. The van der Waals surface area contributed by atoms with E-state index >= 15 is 0 Å². The van der Waals surface area contributed by atoms with Crippen molar-refractivity contribution in [3.8, 4) is 17.2 Å². The zero-order valence-electron chi connectivity index (χ0n) is 20.3. The summed E-state index contributed by atoms with van der Waals surface area (Å²) < 4.78 is 29.4. The van der Waals surface area contributed by atoms with Crippen LogP contribution in [0.5, 0.6) is 17.2 Å². The van der Waals surface area contributed by atoms with Crippen molar-refractivity contribution >= 4 is 52.2 Å². The van der Waals surface area contributed by atoms with E-state index in [0.29, 0.717) is 33.5 Å². The highest BCUT2D eigenvalue weighted by Gasteiger charge is 2.36. The highest BCUT2D eigenvalue weighted by atomic mass is 35.5. The highest BCUT2D eigenvalue weighted by Crippen LogP contribution is 2.35. The Labute approximate surface area is 227 Å². The first-order valence-electron chi connectivity index (χ1n) is 11.2. The number of carbonyl (C=O) groups excluding carboxylic acids is 3. The topological polar surface area (TPSA) is 94.2 Å². The number of halogens is 2. The van der Waals surface area contributed by atoms with E-state index in [1.165, 1.54) is 32.4 Å². The zero-order chi connectivity index (χ0) is 27.2. The minimum absolute atomic E-state index is 0.164. The number of hydrogen-bond acceptors (Lipinski definition) is 7. The quantitative estimate of drug-likeness (QED) is 0.335. The number of nitrogens with one attached hydrogen (secondary N) is 1. The second kappa shape index (κ2) is 12.0. The lowest BCUT2D eigenvalue weighted by molar-refractivity contribution is -0.127. The van der Waals surface area contributed by atoms with Crippen LogP contribution < -0.4 is 19.5 Å². The van der Waals surface area contributed by atoms with E-state index in [0.717, 1.165) is 22.2 Å². The Hall–Kier alpha value is -4.02. The van der Waals surface area contributed by atoms with Crippen molar-refractivity contribution in [2.45, 2.75) is 6.61 Å². The third-order valence-corrected chi connectivity index (χ3v) is 6.61. The van der Waals surface area contributed by atoms with E-state index in [2.05, 4.69) is 5.32 Å². The van der Waals surface area contributed by atoms with Crippen LogP contribution in [-0.2, 0) is 16.2 Å². The fourth-order valence-corrected chi connectivity index (χ4v) is 4.61. The molecular weight excluding hydrogens is 535 g/mol. The SMILES string of the molecule is COc1ccc(NC(=O)CN2C(=O)S/C(=C\c3ccc(OCc4ccc(F)cc4)c(OC)c3)C2=O)cc1Cl. The molecule has 3 aromatic carbocycles. The predicted octanol–water partition coefficient (Wildman–Crippen LogP) is 5.75. The molecule has 0 unspecified atom stereocenters.